The Bertz CT molecular complexity index is 2480. The molecule has 9 rings (SSSR count). The van der Waals surface area contributed by atoms with Crippen LogP contribution in [0.15, 0.2) is 155 Å². The van der Waals surface area contributed by atoms with Gasteiger partial charge < -0.3 is 8.83 Å². The highest BCUT2D eigenvalue weighted by molar-refractivity contribution is 5.68. The van der Waals surface area contributed by atoms with Crippen LogP contribution in [0.5, 0.6) is 0 Å². The third-order valence-corrected chi connectivity index (χ3v) is 8.02. The highest BCUT2D eigenvalue weighted by atomic mass is 16.4. The van der Waals surface area contributed by atoms with Crippen LogP contribution in [0.3, 0.4) is 0 Å². The van der Waals surface area contributed by atoms with E-state index in [1.54, 1.807) is 12.4 Å². The van der Waals surface area contributed by atoms with Crippen molar-refractivity contribution >= 4 is 0 Å². The lowest BCUT2D eigenvalue weighted by Gasteiger charge is -2.05. The molecule has 0 saturated carbocycles. The summed E-state index contributed by atoms with van der Waals surface area (Å²) in [6, 6.07) is 41.5. The van der Waals surface area contributed by atoms with E-state index in [0.717, 1.165) is 22.8 Å². The van der Waals surface area contributed by atoms with Crippen LogP contribution >= 0.6 is 0 Å². The molecule has 1 aromatic carbocycles. The van der Waals surface area contributed by atoms with Crippen molar-refractivity contribution in [3.8, 4) is 91.6 Å². The van der Waals surface area contributed by atoms with E-state index in [4.69, 9.17) is 28.8 Å². The summed E-state index contributed by atoms with van der Waals surface area (Å²) < 4.78 is 12.2. The molecule has 0 saturated heterocycles. The Morgan fingerprint density at radius 2 is 0.615 bits per heavy atom. The molecule has 0 aliphatic carbocycles. The highest BCUT2D eigenvalue weighted by Crippen LogP contribution is 2.30. The number of hydrogen-bond donors (Lipinski definition) is 0. The zero-order valence-corrected chi connectivity index (χ0v) is 27.1. The Balaban J connectivity index is 0.951. The van der Waals surface area contributed by atoms with Crippen LogP contribution in [-0.2, 0) is 0 Å². The molecular weight excluding hydrogens is 653 g/mol. The van der Waals surface area contributed by atoms with Gasteiger partial charge in [-0.2, -0.15) is 0 Å². The van der Waals surface area contributed by atoms with E-state index in [1.165, 1.54) is 0 Å². The van der Waals surface area contributed by atoms with Crippen molar-refractivity contribution in [2.24, 2.45) is 0 Å². The maximum absolute atomic E-state index is 6.10. The molecule has 0 fully saturated rings. The number of benzene rings is 1. The molecule has 0 unspecified atom stereocenters. The average Bonchev–Trinajstić information content (AvgIpc) is 3.94. The lowest BCUT2D eigenvalue weighted by molar-refractivity contribution is 0.580. The standard InChI is InChI=1S/C40H24N10O2/c1-3-22-41-27(12-1)29-14-6-16-31(43-29)33-18-8-20-35(45-33)39-49-47-37(51-39)25-10-5-11-26(24-25)38-48-50-40(52-38)36-21-9-19-34(46-36)32-17-7-15-30(44-32)28-13-2-4-23-42-28/h1-24H. The lowest BCUT2D eigenvalue weighted by atomic mass is 10.1. The Kier molecular flexibility index (Phi) is 7.83. The number of rotatable bonds is 8. The zero-order chi connectivity index (χ0) is 34.7. The van der Waals surface area contributed by atoms with E-state index in [9.17, 15) is 0 Å². The van der Waals surface area contributed by atoms with Crippen molar-refractivity contribution < 1.29 is 8.83 Å². The van der Waals surface area contributed by atoms with E-state index in [-0.39, 0.29) is 11.8 Å². The fourth-order valence-corrected chi connectivity index (χ4v) is 5.53. The molecule has 0 spiro atoms. The molecule has 9 aromatic rings. The predicted octanol–water partition coefficient (Wildman–Crippen LogP) is 8.16. The van der Waals surface area contributed by atoms with Gasteiger partial charge >= 0.3 is 0 Å². The van der Waals surface area contributed by atoms with Crippen LogP contribution in [0, 0.1) is 0 Å². The Hall–Kier alpha value is -7.60. The number of hydrogen-bond acceptors (Lipinski definition) is 12. The summed E-state index contributed by atoms with van der Waals surface area (Å²) in [7, 11) is 0. The smallest absolute Gasteiger partial charge is 0.266 e. The molecule has 0 amide bonds. The molecule has 0 radical (unpaired) electrons. The second-order valence-corrected chi connectivity index (χ2v) is 11.5. The van der Waals surface area contributed by atoms with Crippen LogP contribution in [-0.4, -0.2) is 50.3 Å². The molecule has 8 heterocycles. The minimum atomic E-state index is 0.272. The summed E-state index contributed by atoms with van der Waals surface area (Å²) in [6.07, 6.45) is 3.48. The van der Waals surface area contributed by atoms with Gasteiger partial charge in [-0.05, 0) is 91.0 Å². The Morgan fingerprint density at radius 1 is 0.288 bits per heavy atom. The first-order chi connectivity index (χ1) is 25.7. The summed E-state index contributed by atoms with van der Waals surface area (Å²) in [6.45, 7) is 0. The molecule has 246 valence electrons. The normalized spacial score (nSPS) is 11.1. The second-order valence-electron chi connectivity index (χ2n) is 11.5. The maximum atomic E-state index is 6.10. The fourth-order valence-electron chi connectivity index (χ4n) is 5.53. The van der Waals surface area contributed by atoms with Crippen LogP contribution in [0.4, 0.5) is 0 Å². The maximum Gasteiger partial charge on any atom is 0.266 e. The van der Waals surface area contributed by atoms with E-state index in [0.29, 0.717) is 57.1 Å². The summed E-state index contributed by atoms with van der Waals surface area (Å²) in [5.41, 5.74) is 8.19. The van der Waals surface area contributed by atoms with Crippen molar-refractivity contribution in [2.45, 2.75) is 0 Å². The van der Waals surface area contributed by atoms with E-state index < -0.39 is 0 Å². The van der Waals surface area contributed by atoms with Crippen LogP contribution in [0.25, 0.3) is 91.6 Å². The van der Waals surface area contributed by atoms with Gasteiger partial charge in [0.1, 0.15) is 11.4 Å². The van der Waals surface area contributed by atoms with Gasteiger partial charge in [0.15, 0.2) is 0 Å². The van der Waals surface area contributed by atoms with Gasteiger partial charge in [0.2, 0.25) is 11.8 Å². The molecule has 8 aromatic heterocycles. The highest BCUT2D eigenvalue weighted by Gasteiger charge is 2.17. The van der Waals surface area contributed by atoms with Gasteiger partial charge in [-0.3, -0.25) is 9.97 Å². The van der Waals surface area contributed by atoms with Crippen LogP contribution in [0.2, 0.25) is 0 Å². The van der Waals surface area contributed by atoms with Gasteiger partial charge in [0.25, 0.3) is 11.8 Å². The molecule has 52 heavy (non-hydrogen) atoms. The van der Waals surface area contributed by atoms with Gasteiger partial charge in [-0.15, -0.1) is 20.4 Å². The van der Waals surface area contributed by atoms with Crippen molar-refractivity contribution in [1.82, 2.24) is 50.3 Å². The van der Waals surface area contributed by atoms with Crippen molar-refractivity contribution in [3.63, 3.8) is 0 Å². The average molecular weight is 677 g/mol. The molecule has 12 heteroatoms. The van der Waals surface area contributed by atoms with Crippen molar-refractivity contribution in [2.75, 3.05) is 0 Å². The number of pyridine rings is 6. The van der Waals surface area contributed by atoms with E-state index >= 15 is 0 Å². The van der Waals surface area contributed by atoms with Gasteiger partial charge in [0, 0.05) is 23.5 Å². The zero-order valence-electron chi connectivity index (χ0n) is 27.1. The van der Waals surface area contributed by atoms with Crippen molar-refractivity contribution in [1.29, 1.82) is 0 Å². The molecule has 0 aliphatic heterocycles. The number of nitrogens with zero attached hydrogens (tertiary/aromatic N) is 10. The van der Waals surface area contributed by atoms with Crippen LogP contribution in [0.1, 0.15) is 0 Å². The monoisotopic (exact) mass is 676 g/mol. The molecule has 0 N–H and O–H groups in total. The van der Waals surface area contributed by atoms with E-state index in [2.05, 4.69) is 30.4 Å². The first kappa shape index (κ1) is 30.5. The third kappa shape index (κ3) is 6.18. The summed E-state index contributed by atoms with van der Waals surface area (Å²) in [4.78, 5) is 27.9. The van der Waals surface area contributed by atoms with Crippen molar-refractivity contribution in [3.05, 3.63) is 146 Å². The minimum Gasteiger partial charge on any atom is -0.415 e. The first-order valence-corrected chi connectivity index (χ1v) is 16.2. The molecule has 0 bridgehead atoms. The van der Waals surface area contributed by atoms with Gasteiger partial charge in [-0.1, -0.05) is 42.5 Å². The number of aromatic nitrogens is 10. The summed E-state index contributed by atoms with van der Waals surface area (Å²) >= 11 is 0. The van der Waals surface area contributed by atoms with Gasteiger partial charge in [-0.25, -0.2) is 19.9 Å². The SMILES string of the molecule is c1ccc(-c2cccc(-c3cccc(-c4nnc(-c5cccc(-c6nnc(-c7cccc(-c8cccc(-c9ccccn9)n8)n7)o6)c5)o4)n3)n2)nc1. The lowest BCUT2D eigenvalue weighted by Crippen LogP contribution is -1.93. The Morgan fingerprint density at radius 3 is 1.02 bits per heavy atom. The molecule has 0 aliphatic rings. The molecule has 12 nitrogen and oxygen atoms in total. The summed E-state index contributed by atoms with van der Waals surface area (Å²) in [5.74, 6) is 1.17. The van der Waals surface area contributed by atoms with Gasteiger partial charge in [0.05, 0.1) is 45.6 Å². The van der Waals surface area contributed by atoms with Crippen LogP contribution < -0.4 is 0 Å². The van der Waals surface area contributed by atoms with E-state index in [1.807, 2.05) is 133 Å². The first-order valence-electron chi connectivity index (χ1n) is 16.2. The Labute approximate surface area is 296 Å². The largest absolute Gasteiger partial charge is 0.415 e. The minimum absolute atomic E-state index is 0.272. The third-order valence-electron chi connectivity index (χ3n) is 8.02. The quantitative estimate of drug-likeness (QED) is 0.152. The summed E-state index contributed by atoms with van der Waals surface area (Å²) in [5, 5.41) is 17.2. The predicted molar refractivity (Wildman–Crippen MR) is 192 cm³/mol. The second kappa shape index (κ2) is 13.4. The molecule has 0 atom stereocenters. The fraction of sp³-hybridized carbons (Fsp3) is 0. The topological polar surface area (TPSA) is 155 Å². The molecular formula is C40H24N10O2.